The van der Waals surface area contributed by atoms with E-state index in [-0.39, 0.29) is 18.1 Å². The van der Waals surface area contributed by atoms with Gasteiger partial charge in [-0.05, 0) is 45.6 Å². The van der Waals surface area contributed by atoms with Crippen molar-refractivity contribution in [3.8, 4) is 0 Å². The maximum absolute atomic E-state index is 12.1. The lowest BCUT2D eigenvalue weighted by molar-refractivity contribution is -0.143. The fourth-order valence-electron chi connectivity index (χ4n) is 3.04. The minimum absolute atomic E-state index is 0.0430. The van der Waals surface area contributed by atoms with Crippen LogP contribution in [0, 0.1) is 0 Å². The molecule has 25 heavy (non-hydrogen) atoms. The second-order valence-corrected chi connectivity index (χ2v) is 7.39. The number of hydrogen-bond acceptors (Lipinski definition) is 5. The largest absolute Gasteiger partial charge is 0.468 e. The van der Waals surface area contributed by atoms with Gasteiger partial charge < -0.3 is 14.8 Å². The number of ether oxygens (including phenoxy) is 2. The highest BCUT2D eigenvalue weighted by Crippen LogP contribution is 2.24. The van der Waals surface area contributed by atoms with Crippen LogP contribution in [0.3, 0.4) is 0 Å². The van der Waals surface area contributed by atoms with Crippen molar-refractivity contribution in [1.29, 1.82) is 0 Å². The van der Waals surface area contributed by atoms with E-state index in [1.54, 1.807) is 0 Å². The lowest BCUT2D eigenvalue weighted by Gasteiger charge is -2.23. The highest BCUT2D eigenvalue weighted by atomic mass is 16.6. The van der Waals surface area contributed by atoms with E-state index in [4.69, 9.17) is 9.47 Å². The minimum atomic E-state index is -0.510. The summed E-state index contributed by atoms with van der Waals surface area (Å²) in [6, 6.07) is 9.18. The van der Waals surface area contributed by atoms with Crippen LogP contribution in [-0.4, -0.2) is 36.9 Å². The van der Waals surface area contributed by atoms with Crippen LogP contribution in [-0.2, 0) is 14.3 Å². The Balaban J connectivity index is 1.92. The minimum Gasteiger partial charge on any atom is -0.468 e. The molecule has 3 atom stereocenters. The first-order valence-corrected chi connectivity index (χ1v) is 8.67. The number of hydrogen-bond donors (Lipinski definition) is 2. The molecule has 1 aliphatic carbocycles. The number of carbonyl (C=O) groups is 2. The molecule has 0 spiro atoms. The summed E-state index contributed by atoms with van der Waals surface area (Å²) >= 11 is 0. The van der Waals surface area contributed by atoms with Gasteiger partial charge in [0, 0.05) is 12.1 Å². The first-order chi connectivity index (χ1) is 11.8. The third-order valence-electron chi connectivity index (χ3n) is 4.13. The van der Waals surface area contributed by atoms with Gasteiger partial charge in [-0.3, -0.25) is 5.32 Å². The smallest absolute Gasteiger partial charge is 0.407 e. The van der Waals surface area contributed by atoms with E-state index in [9.17, 15) is 9.59 Å². The number of alkyl carbamates (subject to hydrolysis) is 1. The van der Waals surface area contributed by atoms with Gasteiger partial charge in [-0.25, -0.2) is 9.59 Å². The maximum Gasteiger partial charge on any atom is 0.407 e. The zero-order valence-electron chi connectivity index (χ0n) is 15.4. The van der Waals surface area contributed by atoms with Crippen LogP contribution in [0.25, 0.3) is 0 Å². The molecule has 1 saturated carbocycles. The lowest BCUT2D eigenvalue weighted by Crippen LogP contribution is -2.40. The molecule has 0 aliphatic heterocycles. The van der Waals surface area contributed by atoms with Crippen molar-refractivity contribution in [2.75, 3.05) is 7.11 Å². The predicted molar refractivity (Wildman–Crippen MR) is 95.1 cm³/mol. The SMILES string of the molecule is COC(=O)C(NC1CCC(NC(=O)OC(C)(C)C)C1)c1ccccc1. The van der Waals surface area contributed by atoms with E-state index < -0.39 is 17.7 Å². The summed E-state index contributed by atoms with van der Waals surface area (Å²) in [6.45, 7) is 5.52. The number of benzene rings is 1. The van der Waals surface area contributed by atoms with Crippen molar-refractivity contribution in [1.82, 2.24) is 10.6 Å². The normalized spacial score (nSPS) is 21.4. The van der Waals surface area contributed by atoms with Gasteiger partial charge in [-0.15, -0.1) is 0 Å². The zero-order chi connectivity index (χ0) is 18.4. The molecule has 0 aromatic heterocycles. The highest BCUT2D eigenvalue weighted by molar-refractivity contribution is 5.77. The quantitative estimate of drug-likeness (QED) is 0.800. The third kappa shape index (κ3) is 6.05. The van der Waals surface area contributed by atoms with Crippen molar-refractivity contribution in [2.45, 2.75) is 63.8 Å². The first-order valence-electron chi connectivity index (χ1n) is 8.67. The van der Waals surface area contributed by atoms with Gasteiger partial charge in [0.2, 0.25) is 0 Å². The van der Waals surface area contributed by atoms with Crippen molar-refractivity contribution in [3.63, 3.8) is 0 Å². The molecule has 1 amide bonds. The van der Waals surface area contributed by atoms with E-state index in [0.717, 1.165) is 24.8 Å². The van der Waals surface area contributed by atoms with Gasteiger partial charge in [-0.1, -0.05) is 30.3 Å². The summed E-state index contributed by atoms with van der Waals surface area (Å²) < 4.78 is 10.2. The lowest BCUT2D eigenvalue weighted by atomic mass is 10.1. The first kappa shape index (κ1) is 19.2. The molecule has 0 bridgehead atoms. The van der Waals surface area contributed by atoms with Crippen LogP contribution in [0.2, 0.25) is 0 Å². The molecule has 6 nitrogen and oxygen atoms in total. The Hall–Kier alpha value is -2.08. The summed E-state index contributed by atoms with van der Waals surface area (Å²) in [5, 5.41) is 6.27. The second kappa shape index (κ2) is 8.34. The number of nitrogens with one attached hydrogen (secondary N) is 2. The van der Waals surface area contributed by atoms with Gasteiger partial charge in [-0.2, -0.15) is 0 Å². The average molecular weight is 348 g/mol. The van der Waals surface area contributed by atoms with Gasteiger partial charge in [0.1, 0.15) is 11.6 Å². The monoisotopic (exact) mass is 348 g/mol. The average Bonchev–Trinajstić information content (AvgIpc) is 2.98. The number of esters is 1. The predicted octanol–water partition coefficient (Wildman–Crippen LogP) is 2.94. The van der Waals surface area contributed by atoms with Crippen molar-refractivity contribution in [3.05, 3.63) is 35.9 Å². The third-order valence-corrected chi connectivity index (χ3v) is 4.13. The summed E-state index contributed by atoms with van der Waals surface area (Å²) in [5.74, 6) is -0.310. The summed E-state index contributed by atoms with van der Waals surface area (Å²) in [6.07, 6.45) is 2.07. The van der Waals surface area contributed by atoms with Crippen LogP contribution in [0.1, 0.15) is 51.6 Å². The Bertz CT molecular complexity index is 583. The van der Waals surface area contributed by atoms with Crippen molar-refractivity contribution < 1.29 is 19.1 Å². The van der Waals surface area contributed by atoms with Crippen LogP contribution >= 0.6 is 0 Å². The Morgan fingerprint density at radius 1 is 1.12 bits per heavy atom. The summed E-state index contributed by atoms with van der Waals surface area (Å²) in [7, 11) is 1.39. The molecular weight excluding hydrogens is 320 g/mol. The van der Waals surface area contributed by atoms with E-state index in [1.165, 1.54) is 7.11 Å². The molecular formula is C19H28N2O4. The summed E-state index contributed by atoms with van der Waals surface area (Å²) in [4.78, 5) is 24.0. The van der Waals surface area contributed by atoms with E-state index in [0.29, 0.717) is 0 Å². The maximum atomic E-state index is 12.1. The molecule has 1 aromatic rings. The molecule has 2 N–H and O–H groups in total. The van der Waals surface area contributed by atoms with Crippen LogP contribution in [0.4, 0.5) is 4.79 Å². The Labute approximate surface area is 149 Å². The van der Waals surface area contributed by atoms with Crippen LogP contribution in [0.5, 0.6) is 0 Å². The molecule has 1 aliphatic rings. The fourth-order valence-corrected chi connectivity index (χ4v) is 3.04. The standard InChI is InChI=1S/C19H28N2O4/c1-19(2,3)25-18(23)21-15-11-10-14(12-15)20-16(17(22)24-4)13-8-6-5-7-9-13/h5-9,14-16,20H,10-12H2,1-4H3,(H,21,23). The molecule has 2 rings (SSSR count). The van der Waals surface area contributed by atoms with Gasteiger partial charge in [0.05, 0.1) is 7.11 Å². The van der Waals surface area contributed by atoms with Gasteiger partial charge >= 0.3 is 12.1 Å². The number of carbonyl (C=O) groups excluding carboxylic acids is 2. The topological polar surface area (TPSA) is 76.7 Å². The Kier molecular flexibility index (Phi) is 6.42. The molecule has 1 aromatic carbocycles. The number of amides is 1. The van der Waals surface area contributed by atoms with Crippen molar-refractivity contribution in [2.24, 2.45) is 0 Å². The number of methoxy groups -OCH3 is 1. The van der Waals surface area contributed by atoms with Crippen molar-refractivity contribution >= 4 is 12.1 Å². The van der Waals surface area contributed by atoms with Gasteiger partial charge in [0.15, 0.2) is 0 Å². The molecule has 0 saturated heterocycles. The molecule has 138 valence electrons. The van der Waals surface area contributed by atoms with Crippen LogP contribution < -0.4 is 10.6 Å². The molecule has 0 radical (unpaired) electrons. The van der Waals surface area contributed by atoms with E-state index >= 15 is 0 Å². The van der Waals surface area contributed by atoms with Gasteiger partial charge in [0.25, 0.3) is 0 Å². The highest BCUT2D eigenvalue weighted by Gasteiger charge is 2.31. The number of rotatable bonds is 5. The molecule has 3 unspecified atom stereocenters. The second-order valence-electron chi connectivity index (χ2n) is 7.39. The molecule has 0 heterocycles. The van der Waals surface area contributed by atoms with E-state index in [2.05, 4.69) is 10.6 Å². The van der Waals surface area contributed by atoms with Crippen LogP contribution in [0.15, 0.2) is 30.3 Å². The Morgan fingerprint density at radius 2 is 1.76 bits per heavy atom. The summed E-state index contributed by atoms with van der Waals surface area (Å²) in [5.41, 5.74) is 0.363. The molecule has 1 fully saturated rings. The fraction of sp³-hybridized carbons (Fsp3) is 0.579. The zero-order valence-corrected chi connectivity index (χ0v) is 15.4. The van der Waals surface area contributed by atoms with E-state index in [1.807, 2.05) is 51.1 Å². The Morgan fingerprint density at radius 3 is 2.36 bits per heavy atom. The molecule has 6 heteroatoms.